The second kappa shape index (κ2) is 6.38. The number of halogens is 1. The summed E-state index contributed by atoms with van der Waals surface area (Å²) in [6.07, 6.45) is 5.76. The van der Waals surface area contributed by atoms with Gasteiger partial charge in [-0.05, 0) is 48.2 Å². The van der Waals surface area contributed by atoms with Gasteiger partial charge < -0.3 is 4.98 Å². The highest BCUT2D eigenvalue weighted by Crippen LogP contribution is 2.17. The molecule has 22 heavy (non-hydrogen) atoms. The molecule has 5 heteroatoms. The van der Waals surface area contributed by atoms with Crippen LogP contribution in [0.1, 0.15) is 11.4 Å². The minimum Gasteiger partial charge on any atom is -0.306 e. The number of hydrogen-bond acceptors (Lipinski definition) is 3. The van der Waals surface area contributed by atoms with Crippen molar-refractivity contribution in [3.8, 4) is 0 Å². The number of rotatable bonds is 3. The first kappa shape index (κ1) is 14.9. The van der Waals surface area contributed by atoms with Gasteiger partial charge in [0, 0.05) is 9.92 Å². The lowest BCUT2D eigenvalue weighted by Crippen LogP contribution is -2.09. The molecule has 0 unspecified atom stereocenters. The molecule has 3 nitrogen and oxygen atoms in total. The van der Waals surface area contributed by atoms with Gasteiger partial charge in [0.25, 0.3) is 5.56 Å². The fourth-order valence-electron chi connectivity index (χ4n) is 2.10. The van der Waals surface area contributed by atoms with Crippen LogP contribution in [0.2, 0.25) is 5.02 Å². The largest absolute Gasteiger partial charge is 0.306 e. The van der Waals surface area contributed by atoms with Crippen molar-refractivity contribution in [1.29, 1.82) is 0 Å². The lowest BCUT2D eigenvalue weighted by molar-refractivity contribution is 1.14. The summed E-state index contributed by atoms with van der Waals surface area (Å²) in [6, 6.07) is 13.3. The molecular formula is C17H13ClN2OS. The zero-order chi connectivity index (χ0) is 15.5. The quantitative estimate of drug-likeness (QED) is 0.721. The number of fused-ring (bicyclic) bond motifs is 1. The normalized spacial score (nSPS) is 11.4. The van der Waals surface area contributed by atoms with Crippen molar-refractivity contribution < 1.29 is 0 Å². The molecule has 0 atom stereocenters. The van der Waals surface area contributed by atoms with E-state index in [-0.39, 0.29) is 5.56 Å². The summed E-state index contributed by atoms with van der Waals surface area (Å²) in [5.41, 5.74) is 1.49. The third-order valence-electron chi connectivity index (χ3n) is 3.24. The van der Waals surface area contributed by atoms with Gasteiger partial charge in [-0.1, -0.05) is 29.8 Å². The van der Waals surface area contributed by atoms with Crippen LogP contribution >= 0.6 is 23.4 Å². The molecule has 0 aliphatic carbocycles. The highest BCUT2D eigenvalue weighted by molar-refractivity contribution is 7.98. The van der Waals surface area contributed by atoms with E-state index in [2.05, 4.69) is 22.1 Å². The molecule has 0 saturated heterocycles. The van der Waals surface area contributed by atoms with Gasteiger partial charge in [0.2, 0.25) is 0 Å². The average Bonchev–Trinajstić information content (AvgIpc) is 2.54. The van der Waals surface area contributed by atoms with E-state index in [1.54, 1.807) is 36.0 Å². The summed E-state index contributed by atoms with van der Waals surface area (Å²) in [6.45, 7) is 0. The number of nitrogens with one attached hydrogen (secondary N) is 1. The maximum atomic E-state index is 12.1. The highest BCUT2D eigenvalue weighted by Gasteiger charge is 2.02. The molecule has 0 radical (unpaired) electrons. The van der Waals surface area contributed by atoms with Crippen LogP contribution in [-0.4, -0.2) is 16.2 Å². The maximum Gasteiger partial charge on any atom is 0.259 e. The van der Waals surface area contributed by atoms with Crippen LogP contribution in [0.15, 0.2) is 52.2 Å². The Bertz CT molecular complexity index is 901. The second-order valence-electron chi connectivity index (χ2n) is 4.72. The van der Waals surface area contributed by atoms with Gasteiger partial charge in [0.05, 0.1) is 10.9 Å². The number of thioether (sulfide) groups is 1. The van der Waals surface area contributed by atoms with Crippen LogP contribution in [-0.2, 0) is 0 Å². The van der Waals surface area contributed by atoms with E-state index in [1.807, 2.05) is 24.5 Å². The van der Waals surface area contributed by atoms with Crippen molar-refractivity contribution in [3.05, 3.63) is 69.2 Å². The van der Waals surface area contributed by atoms with Gasteiger partial charge >= 0.3 is 0 Å². The Kier molecular flexibility index (Phi) is 4.32. The fourth-order valence-corrected chi connectivity index (χ4v) is 2.68. The van der Waals surface area contributed by atoms with Crippen LogP contribution in [0, 0.1) is 0 Å². The minimum absolute atomic E-state index is 0.190. The molecule has 0 amide bonds. The average molecular weight is 329 g/mol. The van der Waals surface area contributed by atoms with Crippen molar-refractivity contribution in [2.45, 2.75) is 4.90 Å². The topological polar surface area (TPSA) is 45.8 Å². The van der Waals surface area contributed by atoms with E-state index >= 15 is 0 Å². The van der Waals surface area contributed by atoms with Crippen LogP contribution in [0.5, 0.6) is 0 Å². The molecule has 110 valence electrons. The summed E-state index contributed by atoms with van der Waals surface area (Å²) in [5, 5.41) is 1.02. The molecule has 1 heterocycles. The summed E-state index contributed by atoms with van der Waals surface area (Å²) in [4.78, 5) is 20.4. The van der Waals surface area contributed by atoms with E-state index in [9.17, 15) is 4.79 Å². The van der Waals surface area contributed by atoms with Gasteiger partial charge in [-0.2, -0.15) is 0 Å². The second-order valence-corrected chi connectivity index (χ2v) is 6.04. The smallest absolute Gasteiger partial charge is 0.259 e. The third kappa shape index (κ3) is 3.24. The monoisotopic (exact) mass is 328 g/mol. The van der Waals surface area contributed by atoms with Gasteiger partial charge in [0.1, 0.15) is 5.82 Å². The summed E-state index contributed by atoms with van der Waals surface area (Å²) in [5.74, 6) is 0.522. The Balaban J connectivity index is 1.94. The van der Waals surface area contributed by atoms with Crippen molar-refractivity contribution in [2.75, 3.05) is 6.26 Å². The molecule has 0 fully saturated rings. The molecule has 3 rings (SSSR count). The molecular weight excluding hydrogens is 316 g/mol. The number of aromatic nitrogens is 2. The van der Waals surface area contributed by atoms with Gasteiger partial charge in [-0.3, -0.25) is 4.79 Å². The summed E-state index contributed by atoms with van der Waals surface area (Å²) in [7, 11) is 0. The first-order chi connectivity index (χ1) is 10.7. The first-order valence-corrected chi connectivity index (χ1v) is 8.28. The fraction of sp³-hybridized carbons (Fsp3) is 0.0588. The number of hydrogen-bond donors (Lipinski definition) is 1. The van der Waals surface area contributed by atoms with Gasteiger partial charge in [0.15, 0.2) is 0 Å². The third-order valence-corrected chi connectivity index (χ3v) is 4.21. The Morgan fingerprint density at radius 1 is 1.14 bits per heavy atom. The standard InChI is InChI=1S/C17H13ClN2OS/c1-22-13-6-2-11(3-7-13)4-9-16-19-15-8-5-12(18)10-14(15)17(21)20-16/h2-10H,1H3,(H,19,20,21)/b9-4+. The number of H-pyrrole nitrogens is 1. The van der Waals surface area contributed by atoms with Crippen molar-refractivity contribution in [2.24, 2.45) is 0 Å². The lowest BCUT2D eigenvalue weighted by atomic mass is 10.2. The van der Waals surface area contributed by atoms with E-state index in [0.717, 1.165) is 5.56 Å². The van der Waals surface area contributed by atoms with Crippen LogP contribution < -0.4 is 5.56 Å². The molecule has 0 saturated carbocycles. The van der Waals surface area contributed by atoms with E-state index in [4.69, 9.17) is 11.6 Å². The SMILES string of the molecule is CSc1ccc(/C=C/c2nc3ccc(Cl)cc3c(=O)[nH]2)cc1. The Hall–Kier alpha value is -2.04. The number of benzene rings is 2. The van der Waals surface area contributed by atoms with Crippen molar-refractivity contribution in [1.82, 2.24) is 9.97 Å². The van der Waals surface area contributed by atoms with E-state index < -0.39 is 0 Å². The highest BCUT2D eigenvalue weighted by atomic mass is 35.5. The first-order valence-electron chi connectivity index (χ1n) is 6.67. The summed E-state index contributed by atoms with van der Waals surface area (Å²) >= 11 is 7.60. The molecule has 0 bridgehead atoms. The molecule has 3 aromatic rings. The molecule has 0 aliphatic rings. The van der Waals surface area contributed by atoms with Crippen molar-refractivity contribution in [3.63, 3.8) is 0 Å². The molecule has 0 aliphatic heterocycles. The Labute approximate surface area is 137 Å². The van der Waals surface area contributed by atoms with Gasteiger partial charge in [-0.15, -0.1) is 11.8 Å². The lowest BCUT2D eigenvalue weighted by Gasteiger charge is -2.00. The zero-order valence-corrected chi connectivity index (χ0v) is 13.4. The summed E-state index contributed by atoms with van der Waals surface area (Å²) < 4.78 is 0. The minimum atomic E-state index is -0.190. The van der Waals surface area contributed by atoms with E-state index in [1.165, 1.54) is 4.90 Å². The van der Waals surface area contributed by atoms with E-state index in [0.29, 0.717) is 21.7 Å². The molecule has 0 spiro atoms. The van der Waals surface area contributed by atoms with Crippen LogP contribution in [0.25, 0.3) is 23.1 Å². The predicted molar refractivity (Wildman–Crippen MR) is 94.5 cm³/mol. The number of nitrogens with zero attached hydrogens (tertiary/aromatic N) is 1. The Morgan fingerprint density at radius 3 is 2.64 bits per heavy atom. The van der Waals surface area contributed by atoms with Crippen LogP contribution in [0.4, 0.5) is 0 Å². The Morgan fingerprint density at radius 2 is 1.91 bits per heavy atom. The molecule has 1 N–H and O–H groups in total. The molecule has 2 aromatic carbocycles. The number of aromatic amines is 1. The maximum absolute atomic E-state index is 12.1. The van der Waals surface area contributed by atoms with Crippen LogP contribution in [0.3, 0.4) is 0 Å². The zero-order valence-electron chi connectivity index (χ0n) is 11.8. The van der Waals surface area contributed by atoms with Crippen molar-refractivity contribution >= 4 is 46.4 Å². The predicted octanol–water partition coefficient (Wildman–Crippen LogP) is 4.47. The van der Waals surface area contributed by atoms with Gasteiger partial charge in [-0.25, -0.2) is 4.98 Å². The molecule has 1 aromatic heterocycles.